The summed E-state index contributed by atoms with van der Waals surface area (Å²) in [4.78, 5) is 0. The van der Waals surface area contributed by atoms with Gasteiger partial charge >= 0.3 is 0 Å². The number of nitrogens with one attached hydrogen (secondary N) is 1. The minimum atomic E-state index is -0.825. The molecule has 0 aliphatic carbocycles. The van der Waals surface area contributed by atoms with E-state index >= 15 is 0 Å². The average Bonchev–Trinajstić information content (AvgIpc) is 2.39. The second-order valence-electron chi connectivity index (χ2n) is 4.07. The van der Waals surface area contributed by atoms with E-state index in [0.29, 0.717) is 21.3 Å². The van der Waals surface area contributed by atoms with Gasteiger partial charge in [-0.2, -0.15) is 0 Å². The zero-order chi connectivity index (χ0) is 13.8. The van der Waals surface area contributed by atoms with Gasteiger partial charge in [0.25, 0.3) is 0 Å². The third kappa shape index (κ3) is 3.83. The van der Waals surface area contributed by atoms with Gasteiger partial charge in [0.05, 0.1) is 6.10 Å². The zero-order valence-corrected chi connectivity index (χ0v) is 11.4. The van der Waals surface area contributed by atoms with E-state index < -0.39 is 6.10 Å². The Morgan fingerprint density at radius 3 is 2.68 bits per heavy atom. The summed E-state index contributed by atoms with van der Waals surface area (Å²) in [7, 11) is 0. The van der Waals surface area contributed by atoms with Crippen molar-refractivity contribution in [1.82, 2.24) is 0 Å². The monoisotopic (exact) mass is 299 g/mol. The highest BCUT2D eigenvalue weighted by molar-refractivity contribution is 6.33. The molecule has 100 valence electrons. The molecule has 0 heterocycles. The predicted molar refractivity (Wildman–Crippen MR) is 76.3 cm³/mol. The molecule has 2 aromatic carbocycles. The van der Waals surface area contributed by atoms with Crippen molar-refractivity contribution in [2.24, 2.45) is 0 Å². The van der Waals surface area contributed by atoms with Crippen molar-refractivity contribution in [3.63, 3.8) is 0 Å². The number of benzene rings is 2. The molecule has 1 atom stereocenters. The number of aliphatic hydroxyl groups is 1. The molecule has 19 heavy (non-hydrogen) atoms. The molecular formula is C14H12Cl2FNO. The first-order chi connectivity index (χ1) is 9.06. The van der Waals surface area contributed by atoms with Gasteiger partial charge in [0.2, 0.25) is 0 Å². The summed E-state index contributed by atoms with van der Waals surface area (Å²) in [6.07, 6.45) is -0.825. The lowest BCUT2D eigenvalue weighted by atomic mass is 10.1. The van der Waals surface area contributed by atoms with E-state index in [2.05, 4.69) is 5.32 Å². The maximum atomic E-state index is 13.0. The van der Waals surface area contributed by atoms with Crippen molar-refractivity contribution in [1.29, 1.82) is 0 Å². The Hall–Kier alpha value is -1.29. The fraction of sp³-hybridized carbons (Fsp3) is 0.143. The Kier molecular flexibility index (Phi) is 4.64. The van der Waals surface area contributed by atoms with Crippen LogP contribution in [0.3, 0.4) is 0 Å². The summed E-state index contributed by atoms with van der Waals surface area (Å²) in [6.45, 7) is 0.212. The van der Waals surface area contributed by atoms with Gasteiger partial charge in [-0.05, 0) is 36.4 Å². The molecular weight excluding hydrogens is 288 g/mol. The van der Waals surface area contributed by atoms with Crippen molar-refractivity contribution in [2.75, 3.05) is 11.9 Å². The van der Waals surface area contributed by atoms with Crippen LogP contribution in [-0.4, -0.2) is 11.7 Å². The fourth-order valence-corrected chi connectivity index (χ4v) is 2.12. The van der Waals surface area contributed by atoms with Crippen LogP contribution in [0.15, 0.2) is 42.5 Å². The van der Waals surface area contributed by atoms with E-state index in [-0.39, 0.29) is 12.4 Å². The van der Waals surface area contributed by atoms with Crippen molar-refractivity contribution >= 4 is 28.9 Å². The van der Waals surface area contributed by atoms with Crippen LogP contribution in [-0.2, 0) is 0 Å². The molecule has 1 unspecified atom stereocenters. The van der Waals surface area contributed by atoms with Gasteiger partial charge in [-0.15, -0.1) is 0 Å². The SMILES string of the molecule is OC(CNc1cccc(F)c1)c1cc(Cl)ccc1Cl. The molecule has 0 saturated heterocycles. The van der Waals surface area contributed by atoms with Gasteiger partial charge in [-0.25, -0.2) is 4.39 Å². The molecule has 0 spiro atoms. The van der Waals surface area contributed by atoms with Crippen LogP contribution in [0.4, 0.5) is 10.1 Å². The lowest BCUT2D eigenvalue weighted by Crippen LogP contribution is -2.12. The molecule has 2 aromatic rings. The molecule has 0 aliphatic rings. The smallest absolute Gasteiger partial charge is 0.125 e. The molecule has 0 saturated carbocycles. The van der Waals surface area contributed by atoms with E-state index in [0.717, 1.165) is 0 Å². The number of aliphatic hydroxyl groups excluding tert-OH is 1. The van der Waals surface area contributed by atoms with Crippen molar-refractivity contribution in [3.8, 4) is 0 Å². The molecule has 2 rings (SSSR count). The molecule has 5 heteroatoms. The minimum Gasteiger partial charge on any atom is -0.387 e. The molecule has 2 N–H and O–H groups in total. The first kappa shape index (κ1) is 14.1. The van der Waals surface area contributed by atoms with Gasteiger partial charge in [0.15, 0.2) is 0 Å². The minimum absolute atomic E-state index is 0.212. The zero-order valence-electron chi connectivity index (χ0n) is 9.91. The molecule has 0 fully saturated rings. The van der Waals surface area contributed by atoms with Crippen LogP contribution >= 0.6 is 23.2 Å². The molecule has 0 aliphatic heterocycles. The van der Waals surface area contributed by atoms with Gasteiger partial charge in [0, 0.05) is 27.8 Å². The normalized spacial score (nSPS) is 12.2. The van der Waals surface area contributed by atoms with E-state index in [9.17, 15) is 9.50 Å². The Balaban J connectivity index is 2.05. The maximum Gasteiger partial charge on any atom is 0.125 e. The molecule has 0 amide bonds. The van der Waals surface area contributed by atoms with Crippen LogP contribution < -0.4 is 5.32 Å². The number of hydrogen-bond acceptors (Lipinski definition) is 2. The van der Waals surface area contributed by atoms with Gasteiger partial charge < -0.3 is 10.4 Å². The van der Waals surface area contributed by atoms with Crippen molar-refractivity contribution in [2.45, 2.75) is 6.10 Å². The molecule has 2 nitrogen and oxygen atoms in total. The number of anilines is 1. The van der Waals surface area contributed by atoms with Gasteiger partial charge in [-0.1, -0.05) is 29.3 Å². The Morgan fingerprint density at radius 1 is 1.16 bits per heavy atom. The fourth-order valence-electron chi connectivity index (χ4n) is 1.69. The summed E-state index contributed by atoms with van der Waals surface area (Å²) >= 11 is 11.9. The standard InChI is InChI=1S/C14H12Cl2FNO/c15-9-4-5-13(16)12(6-9)14(19)8-18-11-3-1-2-10(17)7-11/h1-7,14,18-19H,8H2. The highest BCUT2D eigenvalue weighted by atomic mass is 35.5. The summed E-state index contributed by atoms with van der Waals surface area (Å²) in [5.41, 5.74) is 1.13. The lowest BCUT2D eigenvalue weighted by Gasteiger charge is -2.15. The van der Waals surface area contributed by atoms with Crippen LogP contribution in [0.1, 0.15) is 11.7 Å². The first-order valence-electron chi connectivity index (χ1n) is 5.69. The van der Waals surface area contributed by atoms with Crippen molar-refractivity contribution < 1.29 is 9.50 Å². The quantitative estimate of drug-likeness (QED) is 0.883. The third-order valence-electron chi connectivity index (χ3n) is 2.64. The number of rotatable bonds is 4. The highest BCUT2D eigenvalue weighted by Crippen LogP contribution is 2.26. The van der Waals surface area contributed by atoms with Crippen LogP contribution in [0, 0.1) is 5.82 Å². The number of halogens is 3. The average molecular weight is 300 g/mol. The van der Waals surface area contributed by atoms with Crippen LogP contribution in [0.2, 0.25) is 10.0 Å². The maximum absolute atomic E-state index is 13.0. The van der Waals surface area contributed by atoms with E-state index in [4.69, 9.17) is 23.2 Å². The largest absolute Gasteiger partial charge is 0.387 e. The van der Waals surface area contributed by atoms with Crippen molar-refractivity contribution in [3.05, 3.63) is 63.9 Å². The second kappa shape index (κ2) is 6.24. The van der Waals surface area contributed by atoms with Gasteiger partial charge in [0.1, 0.15) is 5.82 Å². The molecule has 0 aromatic heterocycles. The third-order valence-corrected chi connectivity index (χ3v) is 3.22. The first-order valence-corrected chi connectivity index (χ1v) is 6.44. The molecule has 0 bridgehead atoms. The Morgan fingerprint density at radius 2 is 1.95 bits per heavy atom. The predicted octanol–water partition coefficient (Wildman–Crippen LogP) is 4.28. The molecule has 0 radical (unpaired) electrons. The van der Waals surface area contributed by atoms with E-state index in [1.165, 1.54) is 12.1 Å². The summed E-state index contributed by atoms with van der Waals surface area (Å²) in [5, 5.41) is 13.9. The van der Waals surface area contributed by atoms with Gasteiger partial charge in [-0.3, -0.25) is 0 Å². The topological polar surface area (TPSA) is 32.3 Å². The lowest BCUT2D eigenvalue weighted by molar-refractivity contribution is 0.191. The summed E-state index contributed by atoms with van der Waals surface area (Å²) in [6, 6.07) is 10.9. The number of hydrogen-bond donors (Lipinski definition) is 2. The second-order valence-corrected chi connectivity index (χ2v) is 4.92. The Labute approximate surface area is 120 Å². The highest BCUT2D eigenvalue weighted by Gasteiger charge is 2.12. The van der Waals surface area contributed by atoms with E-state index in [1.807, 2.05) is 0 Å². The summed E-state index contributed by atoms with van der Waals surface area (Å²) in [5.74, 6) is -0.333. The van der Waals surface area contributed by atoms with E-state index in [1.54, 1.807) is 30.3 Å². The summed E-state index contributed by atoms with van der Waals surface area (Å²) < 4.78 is 13.0. The Bertz CT molecular complexity index is 577. The van der Waals surface area contributed by atoms with Crippen LogP contribution in [0.25, 0.3) is 0 Å². The van der Waals surface area contributed by atoms with Crippen LogP contribution in [0.5, 0.6) is 0 Å².